The van der Waals surface area contributed by atoms with Crippen molar-refractivity contribution in [3.05, 3.63) is 35.9 Å². The number of nitrogens with two attached hydrogens (primary N) is 1. The molecule has 1 heterocycles. The zero-order chi connectivity index (χ0) is 14.6. The van der Waals surface area contributed by atoms with E-state index in [2.05, 4.69) is 56.0 Å². The van der Waals surface area contributed by atoms with E-state index in [9.17, 15) is 0 Å². The third-order valence-corrected chi connectivity index (χ3v) is 5.36. The first-order valence-corrected chi connectivity index (χ1v) is 8.13. The van der Waals surface area contributed by atoms with Crippen LogP contribution in [0.5, 0.6) is 0 Å². The molecule has 1 aromatic carbocycles. The van der Waals surface area contributed by atoms with Gasteiger partial charge in [-0.3, -0.25) is 0 Å². The Bertz CT molecular complexity index is 397. The second-order valence-electron chi connectivity index (χ2n) is 6.61. The van der Waals surface area contributed by atoms with Gasteiger partial charge in [0, 0.05) is 19.1 Å². The van der Waals surface area contributed by atoms with Crippen LogP contribution in [0.25, 0.3) is 0 Å². The van der Waals surface area contributed by atoms with Gasteiger partial charge < -0.3 is 10.6 Å². The van der Waals surface area contributed by atoms with Gasteiger partial charge in [0.05, 0.1) is 0 Å². The number of hydrogen-bond donors (Lipinski definition) is 1. The molecule has 2 atom stereocenters. The smallest absolute Gasteiger partial charge is 0.0333 e. The molecule has 2 heteroatoms. The van der Waals surface area contributed by atoms with Gasteiger partial charge in [-0.1, -0.05) is 51.1 Å². The zero-order valence-corrected chi connectivity index (χ0v) is 13.3. The third kappa shape index (κ3) is 3.42. The predicted molar refractivity (Wildman–Crippen MR) is 86.6 cm³/mol. The van der Waals surface area contributed by atoms with E-state index in [0.29, 0.717) is 11.3 Å². The van der Waals surface area contributed by atoms with Gasteiger partial charge >= 0.3 is 0 Å². The van der Waals surface area contributed by atoms with Crippen LogP contribution < -0.4 is 5.73 Å². The number of rotatable bonds is 6. The molecule has 0 radical (unpaired) electrons. The van der Waals surface area contributed by atoms with E-state index in [4.69, 9.17) is 5.73 Å². The van der Waals surface area contributed by atoms with E-state index < -0.39 is 0 Å². The third-order valence-electron chi connectivity index (χ3n) is 5.36. The van der Waals surface area contributed by atoms with Crippen molar-refractivity contribution >= 4 is 0 Å². The predicted octanol–water partition coefficient (Wildman–Crippen LogP) is 3.83. The molecule has 1 aliphatic rings. The van der Waals surface area contributed by atoms with Gasteiger partial charge in [0.2, 0.25) is 0 Å². The monoisotopic (exact) mass is 274 g/mol. The first kappa shape index (κ1) is 15.5. The molecule has 1 aromatic rings. The van der Waals surface area contributed by atoms with Crippen molar-refractivity contribution in [3.8, 4) is 0 Å². The Balaban J connectivity index is 1.91. The summed E-state index contributed by atoms with van der Waals surface area (Å²) in [7, 11) is 0. The quantitative estimate of drug-likeness (QED) is 0.854. The molecule has 0 spiro atoms. The maximum Gasteiger partial charge on any atom is 0.0333 e. The van der Waals surface area contributed by atoms with Crippen LogP contribution in [0.3, 0.4) is 0 Å². The fourth-order valence-corrected chi connectivity index (χ4v) is 3.54. The molecule has 1 fully saturated rings. The van der Waals surface area contributed by atoms with Crippen molar-refractivity contribution in [1.82, 2.24) is 4.90 Å². The highest BCUT2D eigenvalue weighted by molar-refractivity contribution is 5.19. The second kappa shape index (κ2) is 6.73. The van der Waals surface area contributed by atoms with Crippen LogP contribution in [0.15, 0.2) is 30.3 Å². The largest absolute Gasteiger partial charge is 0.324 e. The van der Waals surface area contributed by atoms with Crippen LogP contribution in [0.2, 0.25) is 0 Å². The summed E-state index contributed by atoms with van der Waals surface area (Å²) in [6, 6.07) is 10.7. The van der Waals surface area contributed by atoms with Crippen molar-refractivity contribution in [2.75, 3.05) is 19.6 Å². The highest BCUT2D eigenvalue weighted by Crippen LogP contribution is 2.37. The molecule has 2 rings (SSSR count). The number of benzene rings is 1. The molecule has 2 unspecified atom stereocenters. The Morgan fingerprint density at radius 2 is 1.85 bits per heavy atom. The first-order chi connectivity index (χ1) is 9.60. The van der Waals surface area contributed by atoms with Crippen LogP contribution in [-0.2, 0) is 0 Å². The van der Waals surface area contributed by atoms with Crippen molar-refractivity contribution in [2.24, 2.45) is 17.1 Å². The molecular weight excluding hydrogens is 244 g/mol. The molecule has 0 aliphatic carbocycles. The van der Waals surface area contributed by atoms with E-state index in [0.717, 1.165) is 6.54 Å². The number of likely N-dealkylation sites (tertiary alicyclic amines) is 1. The Kier molecular flexibility index (Phi) is 5.22. The maximum absolute atomic E-state index is 6.42. The Hall–Kier alpha value is -0.860. The number of hydrogen-bond acceptors (Lipinski definition) is 2. The maximum atomic E-state index is 6.42. The fourth-order valence-electron chi connectivity index (χ4n) is 3.54. The summed E-state index contributed by atoms with van der Waals surface area (Å²) in [4.78, 5) is 2.63. The molecule has 0 amide bonds. The minimum atomic E-state index is 0.148. The Morgan fingerprint density at radius 1 is 1.20 bits per heavy atom. The summed E-state index contributed by atoms with van der Waals surface area (Å²) in [5.41, 5.74) is 8.25. The van der Waals surface area contributed by atoms with Crippen LogP contribution in [-0.4, -0.2) is 24.5 Å². The van der Waals surface area contributed by atoms with Crippen molar-refractivity contribution < 1.29 is 0 Å². The van der Waals surface area contributed by atoms with E-state index >= 15 is 0 Å². The summed E-state index contributed by atoms with van der Waals surface area (Å²) in [6.45, 7) is 10.6. The molecule has 0 bridgehead atoms. The number of nitrogens with zero attached hydrogens (tertiary/aromatic N) is 1. The lowest BCUT2D eigenvalue weighted by atomic mass is 9.82. The molecule has 20 heavy (non-hydrogen) atoms. The van der Waals surface area contributed by atoms with Crippen LogP contribution in [0.4, 0.5) is 0 Å². The van der Waals surface area contributed by atoms with E-state index in [1.807, 2.05) is 0 Å². The topological polar surface area (TPSA) is 29.3 Å². The molecule has 1 saturated heterocycles. The van der Waals surface area contributed by atoms with Gasteiger partial charge in [0.15, 0.2) is 0 Å². The summed E-state index contributed by atoms with van der Waals surface area (Å²) < 4.78 is 0. The van der Waals surface area contributed by atoms with Gasteiger partial charge in [0.25, 0.3) is 0 Å². The van der Waals surface area contributed by atoms with Gasteiger partial charge in [0.1, 0.15) is 0 Å². The second-order valence-corrected chi connectivity index (χ2v) is 6.61. The molecule has 2 nitrogen and oxygen atoms in total. The van der Waals surface area contributed by atoms with Crippen molar-refractivity contribution in [2.45, 2.75) is 46.1 Å². The molecule has 0 saturated carbocycles. The molecule has 1 aliphatic heterocycles. The summed E-state index contributed by atoms with van der Waals surface area (Å²) >= 11 is 0. The molecule has 0 aromatic heterocycles. The average molecular weight is 274 g/mol. The Labute approximate surface area is 124 Å². The van der Waals surface area contributed by atoms with E-state index in [1.54, 1.807) is 0 Å². The van der Waals surface area contributed by atoms with Gasteiger partial charge in [-0.15, -0.1) is 0 Å². The van der Waals surface area contributed by atoms with Crippen molar-refractivity contribution in [1.29, 1.82) is 0 Å². The van der Waals surface area contributed by atoms with Crippen LogP contribution in [0.1, 0.15) is 51.6 Å². The van der Waals surface area contributed by atoms with Gasteiger partial charge in [-0.2, -0.15) is 0 Å². The van der Waals surface area contributed by atoms with Crippen LogP contribution >= 0.6 is 0 Å². The van der Waals surface area contributed by atoms with Crippen LogP contribution in [0, 0.1) is 11.3 Å². The summed E-state index contributed by atoms with van der Waals surface area (Å²) in [6.07, 6.45) is 3.96. The highest BCUT2D eigenvalue weighted by atomic mass is 15.2. The van der Waals surface area contributed by atoms with Crippen molar-refractivity contribution in [3.63, 3.8) is 0 Å². The minimum absolute atomic E-state index is 0.148. The summed E-state index contributed by atoms with van der Waals surface area (Å²) in [5, 5.41) is 0. The van der Waals surface area contributed by atoms with Gasteiger partial charge in [-0.25, -0.2) is 0 Å². The van der Waals surface area contributed by atoms with E-state index in [1.165, 1.54) is 37.9 Å². The molecule has 112 valence electrons. The van der Waals surface area contributed by atoms with Gasteiger partial charge in [-0.05, 0) is 42.7 Å². The lowest BCUT2D eigenvalue weighted by molar-refractivity contribution is 0.213. The lowest BCUT2D eigenvalue weighted by Gasteiger charge is -2.29. The molecule has 2 N–H and O–H groups in total. The zero-order valence-electron chi connectivity index (χ0n) is 13.3. The fraction of sp³-hybridized carbons (Fsp3) is 0.667. The SMILES string of the molecule is CCC1(CC)CCN(CC(C)C(N)c2ccccc2)C1. The molecular formula is C18H30N2. The average Bonchev–Trinajstić information content (AvgIpc) is 2.91. The lowest BCUT2D eigenvalue weighted by Crippen LogP contribution is -2.34. The summed E-state index contributed by atoms with van der Waals surface area (Å²) in [5.74, 6) is 0.502. The normalized spacial score (nSPS) is 21.8. The Morgan fingerprint density at radius 3 is 2.40 bits per heavy atom. The highest BCUT2D eigenvalue weighted by Gasteiger charge is 2.35. The first-order valence-electron chi connectivity index (χ1n) is 8.13. The minimum Gasteiger partial charge on any atom is -0.324 e. The standard InChI is InChI=1S/C18H30N2/c1-4-18(5-2)11-12-20(14-18)13-15(3)17(19)16-9-7-6-8-10-16/h6-10,15,17H,4-5,11-14,19H2,1-3H3. The van der Waals surface area contributed by atoms with E-state index in [-0.39, 0.29) is 6.04 Å².